The van der Waals surface area contributed by atoms with Gasteiger partial charge in [0.25, 0.3) is 0 Å². The molecule has 0 aliphatic heterocycles. The summed E-state index contributed by atoms with van der Waals surface area (Å²) in [6.07, 6.45) is -0.132. The van der Waals surface area contributed by atoms with Crippen LogP contribution in [0, 0.1) is 10.1 Å². The van der Waals surface area contributed by atoms with E-state index in [1.807, 2.05) is 0 Å². The van der Waals surface area contributed by atoms with E-state index in [0.717, 1.165) is 0 Å². The van der Waals surface area contributed by atoms with Gasteiger partial charge in [-0.15, -0.1) is 0 Å². The fourth-order valence-electron chi connectivity index (χ4n) is 1.33. The maximum Gasteiger partial charge on any atom is 0.311 e. The van der Waals surface area contributed by atoms with Crippen molar-refractivity contribution in [3.8, 4) is 5.88 Å². The van der Waals surface area contributed by atoms with Gasteiger partial charge >= 0.3 is 11.7 Å². The molecule has 0 atom stereocenters. The topological polar surface area (TPSA) is 106 Å². The van der Waals surface area contributed by atoms with Crippen LogP contribution in [-0.2, 0) is 4.79 Å². The lowest BCUT2D eigenvalue weighted by Crippen LogP contribution is -2.23. The maximum absolute atomic E-state index is 10.8. The number of carboxylic acids is 1. The Labute approximate surface area is 103 Å². The average molecular weight is 255 g/mol. The molecular weight excluding hydrogens is 242 g/mol. The second-order valence-electron chi connectivity index (χ2n) is 3.52. The number of carbonyl (C=O) groups is 1. The number of hydrogen-bond donors (Lipinski definition) is 1. The predicted molar refractivity (Wildman–Crippen MR) is 63.0 cm³/mol. The van der Waals surface area contributed by atoms with Gasteiger partial charge in [-0.2, -0.15) is 4.98 Å². The third-order valence-electron chi connectivity index (χ3n) is 2.26. The van der Waals surface area contributed by atoms with Crippen LogP contribution in [0.5, 0.6) is 5.88 Å². The van der Waals surface area contributed by atoms with E-state index >= 15 is 0 Å². The first-order valence-corrected chi connectivity index (χ1v) is 5.08. The second kappa shape index (κ2) is 5.80. The molecule has 0 amide bonds. The Morgan fingerprint density at radius 2 is 2.28 bits per heavy atom. The van der Waals surface area contributed by atoms with Gasteiger partial charge in [-0.1, -0.05) is 0 Å². The molecule has 18 heavy (non-hydrogen) atoms. The van der Waals surface area contributed by atoms with E-state index in [4.69, 9.17) is 9.84 Å². The SMILES string of the molecule is COc1ccc([N+](=O)[O-])c(N(C)CCC(=O)O)n1. The summed E-state index contributed by atoms with van der Waals surface area (Å²) in [5.74, 6) is -0.661. The monoisotopic (exact) mass is 255 g/mol. The minimum Gasteiger partial charge on any atom is -0.481 e. The molecule has 0 radical (unpaired) electrons. The van der Waals surface area contributed by atoms with E-state index in [2.05, 4.69) is 4.98 Å². The summed E-state index contributed by atoms with van der Waals surface area (Å²) in [5, 5.41) is 19.4. The number of aromatic nitrogens is 1. The third kappa shape index (κ3) is 3.30. The highest BCUT2D eigenvalue weighted by Crippen LogP contribution is 2.27. The van der Waals surface area contributed by atoms with Crippen LogP contribution in [0.2, 0.25) is 0 Å². The number of hydrogen-bond acceptors (Lipinski definition) is 6. The molecule has 0 saturated carbocycles. The summed E-state index contributed by atoms with van der Waals surface area (Å²) in [6.45, 7) is 0.121. The molecule has 0 bridgehead atoms. The maximum atomic E-state index is 10.8. The van der Waals surface area contributed by atoms with Crippen molar-refractivity contribution < 1.29 is 19.6 Å². The van der Waals surface area contributed by atoms with Crippen LogP contribution in [0.4, 0.5) is 11.5 Å². The number of aliphatic carboxylic acids is 1. The van der Waals surface area contributed by atoms with Crippen molar-refractivity contribution in [2.45, 2.75) is 6.42 Å². The van der Waals surface area contributed by atoms with Crippen LogP contribution in [0.1, 0.15) is 6.42 Å². The standard InChI is InChI=1S/C10H13N3O5/c1-12(6-5-9(14)15)10-7(13(16)17)3-4-8(11-10)18-2/h3-4H,5-6H2,1-2H3,(H,14,15). The molecule has 1 aromatic rings. The van der Waals surface area contributed by atoms with Crippen molar-refractivity contribution in [3.63, 3.8) is 0 Å². The minimum atomic E-state index is -0.979. The summed E-state index contributed by atoms with van der Waals surface area (Å²) in [5.41, 5.74) is -0.191. The first kappa shape index (κ1) is 13.7. The van der Waals surface area contributed by atoms with Gasteiger partial charge in [-0.3, -0.25) is 14.9 Å². The smallest absolute Gasteiger partial charge is 0.311 e. The molecule has 8 heteroatoms. The number of carboxylic acid groups (broad SMARTS) is 1. The first-order chi connectivity index (χ1) is 8.45. The van der Waals surface area contributed by atoms with Crippen molar-refractivity contribution in [2.24, 2.45) is 0 Å². The summed E-state index contributed by atoms with van der Waals surface area (Å²) in [4.78, 5) is 26.1. The molecule has 0 unspecified atom stereocenters. The Bertz CT molecular complexity index is 463. The Morgan fingerprint density at radius 3 is 2.78 bits per heavy atom. The quantitative estimate of drug-likeness (QED) is 0.594. The van der Waals surface area contributed by atoms with Crippen molar-refractivity contribution in [1.29, 1.82) is 0 Å². The predicted octanol–water partition coefficient (Wildman–Crippen LogP) is 0.909. The molecule has 1 heterocycles. The Kier molecular flexibility index (Phi) is 4.41. The molecule has 1 rings (SSSR count). The molecule has 0 spiro atoms. The van der Waals surface area contributed by atoms with Gasteiger partial charge < -0.3 is 14.7 Å². The average Bonchev–Trinajstić information content (AvgIpc) is 2.34. The Morgan fingerprint density at radius 1 is 1.61 bits per heavy atom. The number of rotatable bonds is 6. The van der Waals surface area contributed by atoms with E-state index in [-0.39, 0.29) is 30.4 Å². The zero-order valence-electron chi connectivity index (χ0n) is 9.99. The van der Waals surface area contributed by atoms with E-state index in [1.54, 1.807) is 0 Å². The normalized spacial score (nSPS) is 9.89. The summed E-state index contributed by atoms with van der Waals surface area (Å²) in [7, 11) is 2.94. The first-order valence-electron chi connectivity index (χ1n) is 5.08. The van der Waals surface area contributed by atoms with Crippen molar-refractivity contribution >= 4 is 17.5 Å². The van der Waals surface area contributed by atoms with Gasteiger partial charge in [-0.05, 0) is 0 Å². The lowest BCUT2D eigenvalue weighted by molar-refractivity contribution is -0.384. The van der Waals surface area contributed by atoms with E-state index < -0.39 is 10.9 Å². The van der Waals surface area contributed by atoms with Crippen molar-refractivity contribution in [2.75, 3.05) is 25.6 Å². The van der Waals surface area contributed by atoms with Gasteiger partial charge in [0, 0.05) is 25.7 Å². The lowest BCUT2D eigenvalue weighted by atomic mass is 10.3. The molecule has 98 valence electrons. The number of pyridine rings is 1. The number of methoxy groups -OCH3 is 1. The Hall–Kier alpha value is -2.38. The molecule has 0 fully saturated rings. The highest BCUT2D eigenvalue weighted by atomic mass is 16.6. The second-order valence-corrected chi connectivity index (χ2v) is 3.52. The molecule has 0 aromatic carbocycles. The third-order valence-corrected chi connectivity index (χ3v) is 2.26. The van der Waals surface area contributed by atoms with Crippen LogP contribution in [0.15, 0.2) is 12.1 Å². The van der Waals surface area contributed by atoms with Crippen molar-refractivity contribution in [1.82, 2.24) is 4.98 Å². The van der Waals surface area contributed by atoms with E-state index in [1.165, 1.54) is 31.2 Å². The number of nitrogens with zero attached hydrogens (tertiary/aromatic N) is 3. The Balaban J connectivity index is 3.02. The fourth-order valence-corrected chi connectivity index (χ4v) is 1.33. The fraction of sp³-hybridized carbons (Fsp3) is 0.400. The number of nitro groups is 1. The van der Waals surface area contributed by atoms with Crippen molar-refractivity contribution in [3.05, 3.63) is 22.2 Å². The van der Waals surface area contributed by atoms with Gasteiger partial charge in [0.15, 0.2) is 0 Å². The van der Waals surface area contributed by atoms with E-state index in [9.17, 15) is 14.9 Å². The number of ether oxygens (including phenoxy) is 1. The molecule has 0 aliphatic carbocycles. The van der Waals surface area contributed by atoms with Crippen LogP contribution in [-0.4, -0.2) is 41.7 Å². The zero-order chi connectivity index (χ0) is 13.7. The van der Waals surface area contributed by atoms with Gasteiger partial charge in [0.2, 0.25) is 11.7 Å². The molecule has 1 N–H and O–H groups in total. The summed E-state index contributed by atoms with van der Waals surface area (Å²) >= 11 is 0. The minimum absolute atomic E-state index is 0.0839. The highest BCUT2D eigenvalue weighted by molar-refractivity contribution is 5.68. The zero-order valence-corrected chi connectivity index (χ0v) is 9.99. The molecule has 0 saturated heterocycles. The van der Waals surface area contributed by atoms with Crippen LogP contribution < -0.4 is 9.64 Å². The van der Waals surface area contributed by atoms with Crippen LogP contribution in [0.3, 0.4) is 0 Å². The molecule has 0 aliphatic rings. The van der Waals surface area contributed by atoms with Crippen LogP contribution >= 0.6 is 0 Å². The lowest BCUT2D eigenvalue weighted by Gasteiger charge is -2.17. The van der Waals surface area contributed by atoms with E-state index in [0.29, 0.717) is 0 Å². The summed E-state index contributed by atoms with van der Waals surface area (Å²) < 4.78 is 4.89. The molecular formula is C10H13N3O5. The van der Waals surface area contributed by atoms with Crippen LogP contribution in [0.25, 0.3) is 0 Å². The largest absolute Gasteiger partial charge is 0.481 e. The van der Waals surface area contributed by atoms with Gasteiger partial charge in [-0.25, -0.2) is 0 Å². The van der Waals surface area contributed by atoms with Gasteiger partial charge in [0.1, 0.15) is 0 Å². The highest BCUT2D eigenvalue weighted by Gasteiger charge is 2.20. The molecule has 1 aromatic heterocycles. The van der Waals surface area contributed by atoms with Gasteiger partial charge in [0.05, 0.1) is 18.5 Å². The number of anilines is 1. The molecule has 8 nitrogen and oxygen atoms in total. The summed E-state index contributed by atoms with van der Waals surface area (Å²) in [6, 6.07) is 2.66.